The number of hydrogen-bond acceptors (Lipinski definition) is 6. The largest absolute Gasteiger partial charge is 0.458 e. The molecular formula is C31H39N5O3. The quantitative estimate of drug-likeness (QED) is 0.532. The predicted octanol–water partition coefficient (Wildman–Crippen LogP) is 3.36. The first kappa shape index (κ1) is 25.1. The van der Waals surface area contributed by atoms with Crippen LogP contribution in [0.3, 0.4) is 0 Å². The van der Waals surface area contributed by atoms with Crippen molar-refractivity contribution in [2.75, 3.05) is 14.1 Å². The summed E-state index contributed by atoms with van der Waals surface area (Å²) in [5, 5.41) is 10.8. The Morgan fingerprint density at radius 2 is 1.92 bits per heavy atom. The van der Waals surface area contributed by atoms with E-state index in [1.807, 2.05) is 48.3 Å². The number of hydrogen-bond donors (Lipinski definition) is 2. The zero-order chi connectivity index (χ0) is 27.1. The first-order valence-corrected chi connectivity index (χ1v) is 14.6. The monoisotopic (exact) mass is 529 g/mol. The number of ether oxygens (including phenoxy) is 1. The van der Waals surface area contributed by atoms with Gasteiger partial charge in [0.25, 0.3) is 0 Å². The third-order valence-corrected chi connectivity index (χ3v) is 10.8. The average Bonchev–Trinajstić information content (AvgIpc) is 3.37. The molecule has 2 heterocycles. The minimum atomic E-state index is -0.646. The van der Waals surface area contributed by atoms with E-state index < -0.39 is 17.7 Å². The number of carbonyl (C=O) groups excluding carboxylic acids is 2. The van der Waals surface area contributed by atoms with Gasteiger partial charge in [-0.15, -0.1) is 0 Å². The molecule has 8 rings (SSSR count). The lowest BCUT2D eigenvalue weighted by Crippen LogP contribution is -2.66. The van der Waals surface area contributed by atoms with Gasteiger partial charge in [-0.1, -0.05) is 18.2 Å². The third-order valence-electron chi connectivity index (χ3n) is 10.8. The van der Waals surface area contributed by atoms with Gasteiger partial charge in [0.2, 0.25) is 5.91 Å². The van der Waals surface area contributed by atoms with E-state index in [-0.39, 0.29) is 29.4 Å². The number of benzene rings is 1. The van der Waals surface area contributed by atoms with E-state index in [0.717, 1.165) is 61.4 Å². The van der Waals surface area contributed by atoms with Crippen molar-refractivity contribution in [3.63, 3.8) is 0 Å². The molecule has 5 aliphatic carbocycles. The van der Waals surface area contributed by atoms with Gasteiger partial charge in [0, 0.05) is 29.6 Å². The van der Waals surface area contributed by atoms with Crippen LogP contribution in [0.25, 0.3) is 10.9 Å². The molecule has 5 unspecified atom stereocenters. The number of para-hydroxylation sites is 1. The summed E-state index contributed by atoms with van der Waals surface area (Å²) in [7, 11) is 3.87. The van der Waals surface area contributed by atoms with Crippen LogP contribution < -0.4 is 5.73 Å². The molecule has 206 valence electrons. The van der Waals surface area contributed by atoms with Crippen molar-refractivity contribution in [3.05, 3.63) is 36.0 Å². The van der Waals surface area contributed by atoms with Crippen molar-refractivity contribution in [1.82, 2.24) is 14.8 Å². The number of nitriles is 1. The highest BCUT2D eigenvalue weighted by atomic mass is 16.6. The Morgan fingerprint density at radius 3 is 2.64 bits per heavy atom. The van der Waals surface area contributed by atoms with Gasteiger partial charge in [0.05, 0.1) is 12.1 Å². The first-order valence-electron chi connectivity index (χ1n) is 14.6. The maximum Gasteiger partial charge on any atom is 0.324 e. The van der Waals surface area contributed by atoms with E-state index >= 15 is 0 Å². The van der Waals surface area contributed by atoms with Gasteiger partial charge in [-0.2, -0.15) is 5.26 Å². The number of nitrogens with zero attached hydrogens (tertiary/aromatic N) is 3. The Hall–Kier alpha value is -2.89. The molecule has 5 saturated carbocycles. The number of rotatable bonds is 7. The molecule has 1 aromatic heterocycles. The van der Waals surface area contributed by atoms with Gasteiger partial charge in [-0.3, -0.25) is 14.5 Å². The summed E-state index contributed by atoms with van der Waals surface area (Å²) < 4.78 is 6.56. The van der Waals surface area contributed by atoms with Crippen LogP contribution in [0.1, 0.15) is 56.9 Å². The molecule has 1 aromatic carbocycles. The molecule has 0 radical (unpaired) electrons. The minimum Gasteiger partial charge on any atom is -0.458 e. The highest BCUT2D eigenvalue weighted by Gasteiger charge is 2.64. The molecule has 8 heteroatoms. The second-order valence-electron chi connectivity index (χ2n) is 13.6. The van der Waals surface area contributed by atoms with Crippen LogP contribution in [-0.4, -0.2) is 70.5 Å². The van der Waals surface area contributed by atoms with Crippen LogP contribution >= 0.6 is 0 Å². The zero-order valence-corrected chi connectivity index (χ0v) is 22.9. The number of likely N-dealkylation sites (tertiary alicyclic amines) is 1. The summed E-state index contributed by atoms with van der Waals surface area (Å²) in [6, 6.07) is 9.29. The topological polar surface area (TPSA) is 115 Å². The number of nitrogens with two attached hydrogens (primary N) is 1. The molecule has 4 bridgehead atoms. The fourth-order valence-electron chi connectivity index (χ4n) is 9.31. The molecule has 1 saturated heterocycles. The Balaban J connectivity index is 1.12. The maximum absolute atomic E-state index is 13.9. The van der Waals surface area contributed by atoms with Gasteiger partial charge in [0.1, 0.15) is 17.7 Å². The van der Waals surface area contributed by atoms with Gasteiger partial charge >= 0.3 is 5.97 Å². The lowest BCUT2D eigenvalue weighted by molar-refractivity contribution is -0.209. The highest BCUT2D eigenvalue weighted by Crippen LogP contribution is 2.64. The number of esters is 1. The van der Waals surface area contributed by atoms with E-state index in [2.05, 4.69) is 17.1 Å². The molecular weight excluding hydrogens is 490 g/mol. The Labute approximate surface area is 229 Å². The average molecular weight is 530 g/mol. The number of H-pyrrole nitrogens is 1. The molecule has 6 aliphatic rings. The zero-order valence-electron chi connectivity index (χ0n) is 22.9. The number of aromatic amines is 1. The maximum atomic E-state index is 13.9. The number of amides is 1. The number of nitrogens with one attached hydrogen (secondary N) is 1. The summed E-state index contributed by atoms with van der Waals surface area (Å²) in [5.41, 5.74) is 8.13. The molecule has 39 heavy (non-hydrogen) atoms. The molecule has 6 fully saturated rings. The Morgan fingerprint density at radius 1 is 1.18 bits per heavy atom. The number of likely N-dealkylation sites (N-methyl/N-ethyl adjacent to an activating group) is 1. The van der Waals surface area contributed by atoms with Gasteiger partial charge in [-0.05, 0) is 100 Å². The highest BCUT2D eigenvalue weighted by molar-refractivity contribution is 5.85. The SMILES string of the molecule is CN(C)[C@@H](Cc1c[nH]c2ccccc12)C(=O)OC12CC3C[C@H](C1)CC([C@H](N)C(=O)N1C4CC4C[C@H]1C#N)(C3)C2. The van der Waals surface area contributed by atoms with Crippen LogP contribution in [0.5, 0.6) is 0 Å². The summed E-state index contributed by atoms with van der Waals surface area (Å²) in [4.78, 5) is 34.8. The third kappa shape index (κ3) is 4.00. The van der Waals surface area contributed by atoms with Crippen molar-refractivity contribution >= 4 is 22.8 Å². The van der Waals surface area contributed by atoms with Crippen molar-refractivity contribution in [3.8, 4) is 6.07 Å². The number of piperidine rings is 1. The Kier molecular flexibility index (Phi) is 5.67. The van der Waals surface area contributed by atoms with Crippen molar-refractivity contribution in [2.45, 2.75) is 87.6 Å². The number of aromatic nitrogens is 1. The van der Waals surface area contributed by atoms with Crippen LogP contribution in [0.2, 0.25) is 0 Å². The number of carbonyl (C=O) groups is 2. The normalized spacial score (nSPS) is 37.5. The summed E-state index contributed by atoms with van der Waals surface area (Å²) >= 11 is 0. The second kappa shape index (κ2) is 8.81. The standard InChI is InChI=1S/C31H39N5O3/c1-35(2)26(10-21-16-34-24-6-4-3-5-23(21)24)29(38)39-31-13-18-7-19(14-31)12-30(11-18,17-31)27(33)28(37)36-22(15-32)8-20-9-25(20)36/h3-6,16,18-20,22,25-27,34H,7-14,17,33H2,1-2H3/t18-,19?,20?,22-,25?,26-,27+,30?,31?/m0/s1. The van der Waals surface area contributed by atoms with Crippen molar-refractivity contribution in [1.29, 1.82) is 5.26 Å². The van der Waals surface area contributed by atoms with Crippen molar-refractivity contribution < 1.29 is 14.3 Å². The fourth-order valence-corrected chi connectivity index (χ4v) is 9.31. The fraction of sp³-hybridized carbons (Fsp3) is 0.645. The lowest BCUT2D eigenvalue weighted by atomic mass is 9.46. The smallest absolute Gasteiger partial charge is 0.324 e. The van der Waals surface area contributed by atoms with E-state index in [9.17, 15) is 14.9 Å². The van der Waals surface area contributed by atoms with Crippen LogP contribution in [0, 0.1) is 34.5 Å². The van der Waals surface area contributed by atoms with E-state index in [1.54, 1.807) is 0 Å². The molecule has 8 nitrogen and oxygen atoms in total. The first-order chi connectivity index (χ1) is 18.7. The van der Waals surface area contributed by atoms with Crippen LogP contribution in [-0.2, 0) is 20.7 Å². The molecule has 0 spiro atoms. The van der Waals surface area contributed by atoms with Crippen LogP contribution in [0.4, 0.5) is 0 Å². The van der Waals surface area contributed by atoms with E-state index in [4.69, 9.17) is 10.5 Å². The van der Waals surface area contributed by atoms with Crippen LogP contribution in [0.15, 0.2) is 30.5 Å². The minimum absolute atomic E-state index is 0.0551. The second-order valence-corrected chi connectivity index (χ2v) is 13.6. The summed E-state index contributed by atoms with van der Waals surface area (Å²) in [5.74, 6) is 1.06. The van der Waals surface area contributed by atoms with Gasteiger partial charge < -0.3 is 20.4 Å². The molecule has 2 aromatic rings. The molecule has 1 amide bonds. The predicted molar refractivity (Wildman–Crippen MR) is 146 cm³/mol. The van der Waals surface area contributed by atoms with E-state index in [1.165, 1.54) is 0 Å². The molecule has 3 N–H and O–H groups in total. The summed E-state index contributed by atoms with van der Waals surface area (Å²) in [6.07, 6.45) is 9.68. The number of fused-ring (bicyclic) bond motifs is 2. The van der Waals surface area contributed by atoms with Crippen molar-refractivity contribution in [2.24, 2.45) is 28.9 Å². The molecule has 1 aliphatic heterocycles. The van der Waals surface area contributed by atoms with Gasteiger partial charge in [-0.25, -0.2) is 0 Å². The lowest BCUT2D eigenvalue weighted by Gasteiger charge is -2.62. The molecule has 9 atom stereocenters. The Bertz CT molecular complexity index is 1350. The van der Waals surface area contributed by atoms with Gasteiger partial charge in [0.15, 0.2) is 0 Å². The summed E-state index contributed by atoms with van der Waals surface area (Å²) in [6.45, 7) is 0. The van der Waals surface area contributed by atoms with E-state index in [0.29, 0.717) is 30.6 Å².